The van der Waals surface area contributed by atoms with Crippen molar-refractivity contribution >= 4 is 17.4 Å². The van der Waals surface area contributed by atoms with Gasteiger partial charge in [0.2, 0.25) is 5.91 Å². The molecule has 2 rings (SSSR count). The molecule has 2 aromatic carbocycles. The van der Waals surface area contributed by atoms with Crippen LogP contribution >= 0.6 is 0 Å². The van der Waals surface area contributed by atoms with Crippen molar-refractivity contribution in [2.24, 2.45) is 0 Å². The van der Waals surface area contributed by atoms with E-state index in [2.05, 4.69) is 5.32 Å². The van der Waals surface area contributed by atoms with Gasteiger partial charge < -0.3 is 5.32 Å². The zero-order chi connectivity index (χ0) is 14.7. The lowest BCUT2D eigenvalue weighted by atomic mass is 10.0. The van der Waals surface area contributed by atoms with Gasteiger partial charge in [-0.3, -0.25) is 9.59 Å². The first kappa shape index (κ1) is 13.9. The van der Waals surface area contributed by atoms with E-state index in [1.807, 2.05) is 0 Å². The van der Waals surface area contributed by atoms with Crippen LogP contribution in [0.4, 0.5) is 10.1 Å². The monoisotopic (exact) mass is 271 g/mol. The number of nitrogens with one attached hydrogen (secondary N) is 1. The van der Waals surface area contributed by atoms with Crippen molar-refractivity contribution < 1.29 is 14.0 Å². The molecular formula is C16H14FNO2. The van der Waals surface area contributed by atoms with Gasteiger partial charge in [-0.15, -0.1) is 0 Å². The quantitative estimate of drug-likeness (QED) is 0.870. The molecule has 20 heavy (non-hydrogen) atoms. The van der Waals surface area contributed by atoms with Crippen LogP contribution in [-0.4, -0.2) is 11.7 Å². The van der Waals surface area contributed by atoms with Gasteiger partial charge in [-0.2, -0.15) is 0 Å². The SMILES string of the molecule is CC(=O)Nc1ccc(C(=O)c2ccc(F)c(C)c2)cc1. The van der Waals surface area contributed by atoms with Crippen molar-refractivity contribution in [1.82, 2.24) is 0 Å². The molecule has 1 amide bonds. The number of benzene rings is 2. The second-order valence-corrected chi connectivity index (χ2v) is 4.55. The highest BCUT2D eigenvalue weighted by Gasteiger charge is 2.10. The van der Waals surface area contributed by atoms with Crippen LogP contribution < -0.4 is 5.32 Å². The topological polar surface area (TPSA) is 46.2 Å². The largest absolute Gasteiger partial charge is 0.326 e. The van der Waals surface area contributed by atoms with Gasteiger partial charge in [-0.05, 0) is 55.0 Å². The Morgan fingerprint density at radius 1 is 1.00 bits per heavy atom. The summed E-state index contributed by atoms with van der Waals surface area (Å²) in [5.41, 5.74) is 2.00. The van der Waals surface area contributed by atoms with Crippen molar-refractivity contribution in [3.05, 3.63) is 65.0 Å². The highest BCUT2D eigenvalue weighted by molar-refractivity contribution is 6.09. The molecule has 0 radical (unpaired) electrons. The van der Waals surface area contributed by atoms with Crippen LogP contribution in [0.3, 0.4) is 0 Å². The summed E-state index contributed by atoms with van der Waals surface area (Å²) in [6.45, 7) is 3.03. The fraction of sp³-hybridized carbons (Fsp3) is 0.125. The van der Waals surface area contributed by atoms with Gasteiger partial charge in [0.05, 0.1) is 0 Å². The molecule has 4 heteroatoms. The van der Waals surface area contributed by atoms with Crippen molar-refractivity contribution in [3.8, 4) is 0 Å². The average molecular weight is 271 g/mol. The maximum atomic E-state index is 13.2. The van der Waals surface area contributed by atoms with Gasteiger partial charge in [0.25, 0.3) is 0 Å². The number of hydrogen-bond donors (Lipinski definition) is 1. The summed E-state index contributed by atoms with van der Waals surface area (Å²) in [6, 6.07) is 10.9. The molecule has 0 atom stereocenters. The zero-order valence-corrected chi connectivity index (χ0v) is 11.2. The van der Waals surface area contributed by atoms with Gasteiger partial charge in [0, 0.05) is 23.7 Å². The summed E-state index contributed by atoms with van der Waals surface area (Å²) in [6.07, 6.45) is 0. The maximum absolute atomic E-state index is 13.2. The molecule has 0 aliphatic rings. The minimum atomic E-state index is -0.331. The van der Waals surface area contributed by atoms with E-state index in [-0.39, 0.29) is 17.5 Å². The van der Waals surface area contributed by atoms with E-state index >= 15 is 0 Å². The van der Waals surface area contributed by atoms with E-state index in [9.17, 15) is 14.0 Å². The smallest absolute Gasteiger partial charge is 0.221 e. The number of rotatable bonds is 3. The van der Waals surface area contributed by atoms with Crippen LogP contribution in [0.15, 0.2) is 42.5 Å². The number of carbonyl (C=O) groups excluding carboxylic acids is 2. The fourth-order valence-electron chi connectivity index (χ4n) is 1.86. The van der Waals surface area contributed by atoms with Gasteiger partial charge >= 0.3 is 0 Å². The standard InChI is InChI=1S/C16H14FNO2/c1-10-9-13(5-8-15(10)17)16(20)12-3-6-14(7-4-12)18-11(2)19/h3-9H,1-2H3,(H,18,19). The molecule has 102 valence electrons. The van der Waals surface area contributed by atoms with Crippen LogP contribution in [0.2, 0.25) is 0 Å². The maximum Gasteiger partial charge on any atom is 0.221 e. The third-order valence-corrected chi connectivity index (χ3v) is 2.89. The molecule has 0 spiro atoms. The van der Waals surface area contributed by atoms with Crippen molar-refractivity contribution in [1.29, 1.82) is 0 Å². The first-order valence-corrected chi connectivity index (χ1v) is 6.16. The third-order valence-electron chi connectivity index (χ3n) is 2.89. The predicted molar refractivity (Wildman–Crippen MR) is 75.3 cm³/mol. The van der Waals surface area contributed by atoms with Gasteiger partial charge in [0.15, 0.2) is 5.78 Å². The number of hydrogen-bond acceptors (Lipinski definition) is 2. The molecule has 0 unspecified atom stereocenters. The molecule has 0 aliphatic carbocycles. The molecule has 0 fully saturated rings. The molecule has 2 aromatic rings. The van der Waals surface area contributed by atoms with Gasteiger partial charge in [-0.1, -0.05) is 0 Å². The first-order chi connectivity index (χ1) is 9.47. The summed E-state index contributed by atoms with van der Waals surface area (Å²) in [5, 5.41) is 2.63. The van der Waals surface area contributed by atoms with E-state index in [4.69, 9.17) is 0 Å². The Kier molecular flexibility index (Phi) is 3.94. The number of amides is 1. The van der Waals surface area contributed by atoms with Crippen LogP contribution in [0.1, 0.15) is 28.4 Å². The van der Waals surface area contributed by atoms with E-state index < -0.39 is 0 Å². The molecule has 0 bridgehead atoms. The Hall–Kier alpha value is -2.49. The Labute approximate surface area is 116 Å². The molecule has 0 aromatic heterocycles. The Balaban J connectivity index is 2.24. The lowest BCUT2D eigenvalue weighted by molar-refractivity contribution is -0.114. The third kappa shape index (κ3) is 3.09. The van der Waals surface area contributed by atoms with Crippen molar-refractivity contribution in [2.75, 3.05) is 5.32 Å². The second-order valence-electron chi connectivity index (χ2n) is 4.55. The Bertz CT molecular complexity index is 663. The second kappa shape index (κ2) is 5.65. The molecule has 1 N–H and O–H groups in total. The van der Waals surface area contributed by atoms with Crippen molar-refractivity contribution in [2.45, 2.75) is 13.8 Å². The number of anilines is 1. The molecular weight excluding hydrogens is 257 g/mol. The number of halogens is 1. The summed E-state index contributed by atoms with van der Waals surface area (Å²) >= 11 is 0. The molecule has 0 saturated heterocycles. The Morgan fingerprint density at radius 3 is 2.15 bits per heavy atom. The van der Waals surface area contributed by atoms with E-state index in [1.165, 1.54) is 25.1 Å². The number of aryl methyl sites for hydroxylation is 1. The van der Waals surface area contributed by atoms with Crippen LogP contribution in [-0.2, 0) is 4.79 Å². The molecule has 0 aliphatic heterocycles. The van der Waals surface area contributed by atoms with Crippen molar-refractivity contribution in [3.63, 3.8) is 0 Å². The Morgan fingerprint density at radius 2 is 1.60 bits per heavy atom. The summed E-state index contributed by atoms with van der Waals surface area (Å²) in [4.78, 5) is 23.1. The highest BCUT2D eigenvalue weighted by atomic mass is 19.1. The number of ketones is 1. The van der Waals surface area contributed by atoms with E-state index in [0.717, 1.165) is 0 Å². The predicted octanol–water partition coefficient (Wildman–Crippen LogP) is 3.32. The summed E-state index contributed by atoms with van der Waals surface area (Å²) in [7, 11) is 0. The minimum Gasteiger partial charge on any atom is -0.326 e. The van der Waals surface area contributed by atoms with Gasteiger partial charge in [0.1, 0.15) is 5.82 Å². The van der Waals surface area contributed by atoms with Crippen LogP contribution in [0.5, 0.6) is 0 Å². The highest BCUT2D eigenvalue weighted by Crippen LogP contribution is 2.16. The number of carbonyl (C=O) groups is 2. The first-order valence-electron chi connectivity index (χ1n) is 6.16. The average Bonchev–Trinajstić information content (AvgIpc) is 2.41. The normalized spacial score (nSPS) is 10.2. The van der Waals surface area contributed by atoms with E-state index in [1.54, 1.807) is 31.2 Å². The van der Waals surface area contributed by atoms with Crippen LogP contribution in [0.25, 0.3) is 0 Å². The molecule has 0 saturated carbocycles. The minimum absolute atomic E-state index is 0.168. The van der Waals surface area contributed by atoms with E-state index in [0.29, 0.717) is 22.4 Å². The summed E-state index contributed by atoms with van der Waals surface area (Å²) in [5.74, 6) is -0.678. The van der Waals surface area contributed by atoms with Gasteiger partial charge in [-0.25, -0.2) is 4.39 Å². The zero-order valence-electron chi connectivity index (χ0n) is 11.2. The molecule has 3 nitrogen and oxygen atoms in total. The lowest BCUT2D eigenvalue weighted by Crippen LogP contribution is -2.06. The fourth-order valence-corrected chi connectivity index (χ4v) is 1.86. The lowest BCUT2D eigenvalue weighted by Gasteiger charge is -2.05. The molecule has 0 heterocycles. The summed E-state index contributed by atoms with van der Waals surface area (Å²) < 4.78 is 13.2. The van der Waals surface area contributed by atoms with Crippen LogP contribution in [0, 0.1) is 12.7 Å².